The number of ether oxygens (including phenoxy) is 2. The SMILES string of the molecule is CCNC(=NCC1(CCOC)CCC1)NCCc1ccc(C(=O)OC)cc1.I. The Kier molecular flexibility index (Phi) is 11.4. The third kappa shape index (κ3) is 7.58. The van der Waals surface area contributed by atoms with Crippen LogP contribution in [0.4, 0.5) is 0 Å². The van der Waals surface area contributed by atoms with Gasteiger partial charge in [-0.1, -0.05) is 18.6 Å². The minimum Gasteiger partial charge on any atom is -0.465 e. The van der Waals surface area contributed by atoms with Gasteiger partial charge in [-0.25, -0.2) is 4.79 Å². The fourth-order valence-electron chi connectivity index (χ4n) is 3.32. The zero-order valence-electron chi connectivity index (χ0n) is 17.3. The van der Waals surface area contributed by atoms with Gasteiger partial charge in [-0.2, -0.15) is 0 Å². The molecule has 2 rings (SSSR count). The number of aliphatic imine (C=N–C) groups is 1. The summed E-state index contributed by atoms with van der Waals surface area (Å²) in [6.07, 6.45) is 5.72. The van der Waals surface area contributed by atoms with Crippen molar-refractivity contribution in [2.75, 3.05) is 40.5 Å². The first-order chi connectivity index (χ1) is 13.1. The normalized spacial score (nSPS) is 15.2. The molecule has 0 amide bonds. The van der Waals surface area contributed by atoms with E-state index in [-0.39, 0.29) is 29.9 Å². The Morgan fingerprint density at radius 1 is 1.18 bits per heavy atom. The smallest absolute Gasteiger partial charge is 0.337 e. The Balaban J connectivity index is 0.00000392. The van der Waals surface area contributed by atoms with Gasteiger partial charge in [0.15, 0.2) is 5.96 Å². The number of guanidine groups is 1. The van der Waals surface area contributed by atoms with Crippen molar-refractivity contribution in [1.82, 2.24) is 10.6 Å². The van der Waals surface area contributed by atoms with Crippen LogP contribution in [-0.2, 0) is 15.9 Å². The molecule has 1 aromatic carbocycles. The van der Waals surface area contributed by atoms with Crippen molar-refractivity contribution < 1.29 is 14.3 Å². The minimum atomic E-state index is -0.306. The Morgan fingerprint density at radius 2 is 1.89 bits per heavy atom. The summed E-state index contributed by atoms with van der Waals surface area (Å²) < 4.78 is 9.99. The summed E-state index contributed by atoms with van der Waals surface area (Å²) >= 11 is 0. The molecule has 7 heteroatoms. The number of halogens is 1. The van der Waals surface area contributed by atoms with Crippen molar-refractivity contribution in [1.29, 1.82) is 0 Å². The minimum absolute atomic E-state index is 0. The van der Waals surface area contributed by atoms with E-state index in [0.717, 1.165) is 45.0 Å². The van der Waals surface area contributed by atoms with Crippen LogP contribution in [-0.4, -0.2) is 52.4 Å². The second kappa shape index (κ2) is 13.0. The summed E-state index contributed by atoms with van der Waals surface area (Å²) in [5, 5.41) is 6.73. The third-order valence-electron chi connectivity index (χ3n) is 5.25. The second-order valence-corrected chi connectivity index (χ2v) is 7.16. The molecule has 1 fully saturated rings. The van der Waals surface area contributed by atoms with Crippen molar-refractivity contribution in [3.63, 3.8) is 0 Å². The molecule has 1 aliphatic rings. The van der Waals surface area contributed by atoms with E-state index in [0.29, 0.717) is 11.0 Å². The van der Waals surface area contributed by atoms with Crippen LogP contribution < -0.4 is 10.6 Å². The summed E-state index contributed by atoms with van der Waals surface area (Å²) in [6, 6.07) is 7.53. The van der Waals surface area contributed by atoms with Crippen molar-refractivity contribution in [2.24, 2.45) is 10.4 Å². The summed E-state index contributed by atoms with van der Waals surface area (Å²) in [6.45, 7) is 5.35. The molecule has 0 atom stereocenters. The molecule has 0 spiro atoms. The van der Waals surface area contributed by atoms with Crippen molar-refractivity contribution >= 4 is 35.9 Å². The van der Waals surface area contributed by atoms with E-state index in [1.54, 1.807) is 19.2 Å². The predicted molar refractivity (Wildman–Crippen MR) is 124 cm³/mol. The molecular formula is C21H34IN3O3. The van der Waals surface area contributed by atoms with Crippen LogP contribution in [0.1, 0.15) is 48.5 Å². The molecule has 0 saturated heterocycles. The molecule has 2 N–H and O–H groups in total. The van der Waals surface area contributed by atoms with E-state index in [1.165, 1.54) is 31.9 Å². The molecule has 0 aliphatic heterocycles. The zero-order chi connectivity index (χ0) is 19.5. The van der Waals surface area contributed by atoms with Gasteiger partial charge < -0.3 is 20.1 Å². The van der Waals surface area contributed by atoms with Gasteiger partial charge in [-0.05, 0) is 55.7 Å². The average molecular weight is 503 g/mol. The largest absolute Gasteiger partial charge is 0.465 e. The van der Waals surface area contributed by atoms with Gasteiger partial charge in [0.1, 0.15) is 0 Å². The van der Waals surface area contributed by atoms with Crippen LogP contribution in [0.15, 0.2) is 29.3 Å². The quantitative estimate of drug-likeness (QED) is 0.222. The van der Waals surface area contributed by atoms with Crippen LogP contribution in [0, 0.1) is 5.41 Å². The van der Waals surface area contributed by atoms with Crippen LogP contribution in [0.3, 0.4) is 0 Å². The van der Waals surface area contributed by atoms with E-state index in [2.05, 4.69) is 17.6 Å². The fraction of sp³-hybridized carbons (Fsp3) is 0.619. The highest BCUT2D eigenvalue weighted by Crippen LogP contribution is 2.44. The number of benzene rings is 1. The van der Waals surface area contributed by atoms with Gasteiger partial charge in [0.05, 0.1) is 12.7 Å². The lowest BCUT2D eigenvalue weighted by Gasteiger charge is -2.40. The highest BCUT2D eigenvalue weighted by molar-refractivity contribution is 14.0. The molecular weight excluding hydrogens is 469 g/mol. The van der Waals surface area contributed by atoms with E-state index in [9.17, 15) is 4.79 Å². The van der Waals surface area contributed by atoms with E-state index in [1.807, 2.05) is 12.1 Å². The van der Waals surface area contributed by atoms with Gasteiger partial charge in [-0.3, -0.25) is 4.99 Å². The molecule has 6 nitrogen and oxygen atoms in total. The molecule has 1 aliphatic carbocycles. The molecule has 1 aromatic rings. The molecule has 0 radical (unpaired) electrons. The lowest BCUT2D eigenvalue weighted by atomic mass is 9.67. The Bertz CT molecular complexity index is 616. The Morgan fingerprint density at radius 3 is 2.43 bits per heavy atom. The maximum atomic E-state index is 11.5. The standard InChI is InChI=1S/C21H33N3O3.HI/c1-4-22-20(24-16-21(11-5-12-21)13-15-26-2)23-14-10-17-6-8-18(9-7-17)19(25)27-3;/h6-9H,4-5,10-16H2,1-3H3,(H2,22,23,24);1H. The lowest BCUT2D eigenvalue weighted by Crippen LogP contribution is -2.41. The highest BCUT2D eigenvalue weighted by Gasteiger charge is 2.36. The van der Waals surface area contributed by atoms with Crippen molar-refractivity contribution in [3.8, 4) is 0 Å². The third-order valence-corrected chi connectivity index (χ3v) is 5.25. The van der Waals surface area contributed by atoms with Crippen molar-refractivity contribution in [2.45, 2.75) is 39.0 Å². The maximum absolute atomic E-state index is 11.5. The summed E-state index contributed by atoms with van der Waals surface area (Å²) in [5.74, 6) is 0.562. The monoisotopic (exact) mass is 503 g/mol. The van der Waals surface area contributed by atoms with Crippen LogP contribution in [0.2, 0.25) is 0 Å². The molecule has 28 heavy (non-hydrogen) atoms. The Hall–Kier alpha value is -1.35. The lowest BCUT2D eigenvalue weighted by molar-refractivity contribution is 0.0600. The topological polar surface area (TPSA) is 72.0 Å². The average Bonchev–Trinajstić information content (AvgIpc) is 2.66. The van der Waals surface area contributed by atoms with E-state index in [4.69, 9.17) is 14.5 Å². The first kappa shape index (κ1) is 24.7. The maximum Gasteiger partial charge on any atom is 0.337 e. The van der Waals surface area contributed by atoms with E-state index < -0.39 is 0 Å². The molecule has 0 bridgehead atoms. The molecule has 0 unspecified atom stereocenters. The van der Waals surface area contributed by atoms with Gasteiger partial charge in [-0.15, -0.1) is 24.0 Å². The van der Waals surface area contributed by atoms with Crippen LogP contribution in [0.5, 0.6) is 0 Å². The van der Waals surface area contributed by atoms with Gasteiger partial charge in [0.2, 0.25) is 0 Å². The number of nitrogens with zero attached hydrogens (tertiary/aromatic N) is 1. The predicted octanol–water partition coefficient (Wildman–Crippen LogP) is 3.40. The molecule has 0 aromatic heterocycles. The number of carbonyl (C=O) groups excluding carboxylic acids is 1. The number of hydrogen-bond donors (Lipinski definition) is 2. The first-order valence-electron chi connectivity index (χ1n) is 9.81. The van der Waals surface area contributed by atoms with Crippen molar-refractivity contribution in [3.05, 3.63) is 35.4 Å². The number of nitrogens with one attached hydrogen (secondary N) is 2. The van der Waals surface area contributed by atoms with Gasteiger partial charge in [0, 0.05) is 33.4 Å². The van der Waals surface area contributed by atoms with Gasteiger partial charge >= 0.3 is 5.97 Å². The van der Waals surface area contributed by atoms with E-state index >= 15 is 0 Å². The first-order valence-corrected chi connectivity index (χ1v) is 9.81. The number of methoxy groups -OCH3 is 2. The highest BCUT2D eigenvalue weighted by atomic mass is 127. The van der Waals surface area contributed by atoms with Crippen LogP contribution >= 0.6 is 24.0 Å². The summed E-state index contributed by atoms with van der Waals surface area (Å²) in [5.41, 5.74) is 2.06. The number of carbonyl (C=O) groups is 1. The zero-order valence-corrected chi connectivity index (χ0v) is 19.6. The number of rotatable bonds is 10. The Labute approximate surface area is 185 Å². The second-order valence-electron chi connectivity index (χ2n) is 7.16. The number of hydrogen-bond acceptors (Lipinski definition) is 4. The summed E-state index contributed by atoms with van der Waals surface area (Å²) in [7, 11) is 3.16. The molecule has 0 heterocycles. The van der Waals surface area contributed by atoms with Gasteiger partial charge in [0.25, 0.3) is 0 Å². The van der Waals surface area contributed by atoms with Crippen LogP contribution in [0.25, 0.3) is 0 Å². The molecule has 158 valence electrons. The fourth-order valence-corrected chi connectivity index (χ4v) is 3.32. The summed E-state index contributed by atoms with van der Waals surface area (Å²) in [4.78, 5) is 16.3. The molecule has 1 saturated carbocycles. The number of esters is 1.